The maximum Gasteiger partial charge on any atom is 0.254 e. The number of halogens is 1. The zero-order chi connectivity index (χ0) is 13.8. The lowest BCUT2D eigenvalue weighted by molar-refractivity contribution is -0.0667. The molecule has 5 heteroatoms. The topological polar surface area (TPSA) is 49.8 Å². The normalized spacial score (nSPS) is 23.4. The second kappa shape index (κ2) is 6.37. The van der Waals surface area contributed by atoms with Crippen LogP contribution in [0.3, 0.4) is 0 Å². The molecular weight excluding hydrogens is 266 g/mol. The minimum Gasteiger partial charge on any atom is -0.394 e. The molecule has 0 radical (unpaired) electrons. The highest BCUT2D eigenvalue weighted by Crippen LogP contribution is 2.17. The van der Waals surface area contributed by atoms with Crippen LogP contribution in [-0.2, 0) is 10.6 Å². The fourth-order valence-electron chi connectivity index (χ4n) is 2.16. The Labute approximate surface area is 117 Å². The van der Waals surface area contributed by atoms with E-state index in [0.29, 0.717) is 24.6 Å². The van der Waals surface area contributed by atoms with E-state index in [1.807, 2.05) is 25.1 Å². The molecule has 2 rings (SSSR count). The fourth-order valence-corrected chi connectivity index (χ4v) is 2.33. The molecule has 4 nitrogen and oxygen atoms in total. The summed E-state index contributed by atoms with van der Waals surface area (Å²) in [5.41, 5.74) is 1.55. The molecule has 0 spiro atoms. The van der Waals surface area contributed by atoms with Crippen molar-refractivity contribution >= 4 is 17.5 Å². The molecule has 0 aromatic heterocycles. The number of hydrogen-bond donors (Lipinski definition) is 1. The molecule has 1 N–H and O–H groups in total. The quantitative estimate of drug-likeness (QED) is 0.858. The highest BCUT2D eigenvalue weighted by atomic mass is 35.5. The van der Waals surface area contributed by atoms with E-state index in [0.717, 1.165) is 5.56 Å². The number of nitrogens with zero attached hydrogens (tertiary/aromatic N) is 1. The van der Waals surface area contributed by atoms with Gasteiger partial charge in [0.15, 0.2) is 0 Å². The lowest BCUT2D eigenvalue weighted by atomic mass is 10.1. The Bertz CT molecular complexity index is 452. The summed E-state index contributed by atoms with van der Waals surface area (Å²) >= 11 is 5.79. The van der Waals surface area contributed by atoms with Crippen LogP contribution in [0.2, 0.25) is 0 Å². The summed E-state index contributed by atoms with van der Waals surface area (Å²) < 4.78 is 5.44. The third kappa shape index (κ3) is 3.26. The number of aliphatic hydroxyl groups excluding tert-OH is 1. The minimum atomic E-state index is -0.295. The van der Waals surface area contributed by atoms with Crippen LogP contribution < -0.4 is 0 Å². The zero-order valence-corrected chi connectivity index (χ0v) is 11.6. The number of benzene rings is 1. The van der Waals surface area contributed by atoms with Gasteiger partial charge in [-0.2, -0.15) is 0 Å². The molecule has 1 aliphatic rings. The molecule has 2 atom stereocenters. The summed E-state index contributed by atoms with van der Waals surface area (Å²) in [7, 11) is 0. The molecule has 1 aliphatic heterocycles. The van der Waals surface area contributed by atoms with Crippen LogP contribution in [0, 0.1) is 0 Å². The summed E-state index contributed by atoms with van der Waals surface area (Å²) in [6.45, 7) is 2.74. The smallest absolute Gasteiger partial charge is 0.254 e. The highest BCUT2D eigenvalue weighted by Gasteiger charge is 2.29. The van der Waals surface area contributed by atoms with Gasteiger partial charge >= 0.3 is 0 Å². The van der Waals surface area contributed by atoms with Crippen LogP contribution in [0.4, 0.5) is 0 Å². The van der Waals surface area contributed by atoms with Crippen molar-refractivity contribution in [3.63, 3.8) is 0 Å². The number of rotatable bonds is 3. The first-order valence-electron chi connectivity index (χ1n) is 6.34. The van der Waals surface area contributed by atoms with Crippen LogP contribution in [0.1, 0.15) is 22.8 Å². The van der Waals surface area contributed by atoms with E-state index >= 15 is 0 Å². The van der Waals surface area contributed by atoms with Crippen molar-refractivity contribution in [3.8, 4) is 0 Å². The van der Waals surface area contributed by atoms with Crippen molar-refractivity contribution in [1.29, 1.82) is 0 Å². The number of aliphatic hydroxyl groups is 1. The molecule has 104 valence electrons. The maximum atomic E-state index is 12.5. The minimum absolute atomic E-state index is 0.00922. The van der Waals surface area contributed by atoms with E-state index in [9.17, 15) is 4.79 Å². The van der Waals surface area contributed by atoms with Crippen molar-refractivity contribution in [3.05, 3.63) is 35.4 Å². The van der Waals surface area contributed by atoms with Gasteiger partial charge in [0.05, 0.1) is 25.4 Å². The Kier molecular flexibility index (Phi) is 4.80. The summed E-state index contributed by atoms with van der Waals surface area (Å²) in [5.74, 6) is 0.347. The van der Waals surface area contributed by atoms with E-state index in [4.69, 9.17) is 21.4 Å². The number of hydrogen-bond acceptors (Lipinski definition) is 3. The lowest BCUT2D eigenvalue weighted by Gasteiger charge is -2.37. The van der Waals surface area contributed by atoms with Gasteiger partial charge in [0.1, 0.15) is 0 Å². The highest BCUT2D eigenvalue weighted by molar-refractivity contribution is 6.17. The van der Waals surface area contributed by atoms with Gasteiger partial charge in [0.2, 0.25) is 0 Å². The Morgan fingerprint density at radius 2 is 2.37 bits per heavy atom. The monoisotopic (exact) mass is 283 g/mol. The van der Waals surface area contributed by atoms with Gasteiger partial charge in [-0.25, -0.2) is 0 Å². The van der Waals surface area contributed by atoms with Crippen molar-refractivity contribution in [1.82, 2.24) is 4.90 Å². The molecule has 1 saturated heterocycles. The molecule has 0 bridgehead atoms. The summed E-state index contributed by atoms with van der Waals surface area (Å²) in [4.78, 5) is 14.2. The second-order valence-electron chi connectivity index (χ2n) is 4.78. The molecule has 1 heterocycles. The SMILES string of the molecule is CC1COC(CO)CN1C(=O)c1cccc(CCl)c1. The first kappa shape index (κ1) is 14.3. The molecule has 0 aliphatic carbocycles. The molecular formula is C14H18ClNO3. The summed E-state index contributed by atoms with van der Waals surface area (Å²) in [6.07, 6.45) is -0.295. The first-order chi connectivity index (χ1) is 9.15. The van der Waals surface area contributed by atoms with Gasteiger partial charge in [0.25, 0.3) is 5.91 Å². The third-order valence-corrected chi connectivity index (χ3v) is 3.61. The zero-order valence-electron chi connectivity index (χ0n) is 10.9. The predicted octanol–water partition coefficient (Wildman–Crippen LogP) is 1.65. The Hall–Kier alpha value is -1.10. The lowest BCUT2D eigenvalue weighted by Crippen LogP contribution is -2.52. The van der Waals surface area contributed by atoms with Crippen LogP contribution in [0.5, 0.6) is 0 Å². The Morgan fingerprint density at radius 3 is 3.05 bits per heavy atom. The Balaban J connectivity index is 2.16. The standard InChI is InChI=1S/C14H18ClNO3/c1-10-9-19-13(8-17)7-16(10)14(18)12-4-2-3-11(5-12)6-15/h2-5,10,13,17H,6-9H2,1H3. The van der Waals surface area contributed by atoms with Gasteiger partial charge in [-0.15, -0.1) is 11.6 Å². The average Bonchev–Trinajstić information content (AvgIpc) is 2.47. The van der Waals surface area contributed by atoms with Gasteiger partial charge in [-0.1, -0.05) is 12.1 Å². The molecule has 0 saturated carbocycles. The summed E-state index contributed by atoms with van der Waals surface area (Å²) in [6, 6.07) is 7.33. The number of amides is 1. The summed E-state index contributed by atoms with van der Waals surface area (Å²) in [5, 5.41) is 9.15. The third-order valence-electron chi connectivity index (χ3n) is 3.30. The number of carbonyl (C=O) groups is 1. The van der Waals surface area contributed by atoms with E-state index < -0.39 is 0 Å². The van der Waals surface area contributed by atoms with Crippen molar-refractivity contribution in [2.45, 2.75) is 24.9 Å². The maximum absolute atomic E-state index is 12.5. The number of carbonyl (C=O) groups excluding carboxylic acids is 1. The largest absolute Gasteiger partial charge is 0.394 e. The molecule has 1 fully saturated rings. The average molecular weight is 284 g/mol. The Morgan fingerprint density at radius 1 is 1.58 bits per heavy atom. The molecule has 1 amide bonds. The van der Waals surface area contributed by atoms with Gasteiger partial charge in [-0.05, 0) is 24.6 Å². The van der Waals surface area contributed by atoms with Gasteiger partial charge in [-0.3, -0.25) is 4.79 Å². The van der Waals surface area contributed by atoms with Crippen LogP contribution in [0.15, 0.2) is 24.3 Å². The van der Waals surface area contributed by atoms with Crippen LogP contribution in [0.25, 0.3) is 0 Å². The van der Waals surface area contributed by atoms with Crippen molar-refractivity contribution in [2.24, 2.45) is 0 Å². The van der Waals surface area contributed by atoms with E-state index in [2.05, 4.69) is 0 Å². The van der Waals surface area contributed by atoms with Crippen molar-refractivity contribution < 1.29 is 14.6 Å². The van der Waals surface area contributed by atoms with E-state index in [1.165, 1.54) is 0 Å². The molecule has 1 aromatic carbocycles. The van der Waals surface area contributed by atoms with E-state index in [-0.39, 0.29) is 24.7 Å². The number of morpholine rings is 1. The van der Waals surface area contributed by atoms with Crippen molar-refractivity contribution in [2.75, 3.05) is 19.8 Å². The second-order valence-corrected chi connectivity index (χ2v) is 5.05. The molecule has 1 aromatic rings. The number of ether oxygens (including phenoxy) is 1. The predicted molar refractivity (Wildman–Crippen MR) is 73.3 cm³/mol. The first-order valence-corrected chi connectivity index (χ1v) is 6.87. The molecule has 19 heavy (non-hydrogen) atoms. The van der Waals surface area contributed by atoms with E-state index in [1.54, 1.807) is 11.0 Å². The number of alkyl halides is 1. The van der Waals surface area contributed by atoms with Gasteiger partial charge < -0.3 is 14.7 Å². The van der Waals surface area contributed by atoms with Crippen LogP contribution >= 0.6 is 11.6 Å². The molecule has 2 unspecified atom stereocenters. The van der Waals surface area contributed by atoms with Crippen LogP contribution in [-0.4, -0.2) is 47.8 Å². The van der Waals surface area contributed by atoms with Gasteiger partial charge in [0, 0.05) is 18.0 Å². The fraction of sp³-hybridized carbons (Fsp3) is 0.500.